The number of hydrogen-bond donors (Lipinski definition) is 0. The van der Waals surface area contributed by atoms with Gasteiger partial charge in [-0.15, -0.1) is 6.58 Å². The monoisotopic (exact) mass is 356 g/mol. The first-order valence-electron chi connectivity index (χ1n) is 9.31. The minimum absolute atomic E-state index is 0.0751. The number of methoxy groups -OCH3 is 1. The Kier molecular flexibility index (Phi) is 5.35. The number of nitrogens with zero attached hydrogens (tertiary/aromatic N) is 2. The van der Waals surface area contributed by atoms with Crippen LogP contribution < -0.4 is 4.74 Å². The molecule has 5 heteroatoms. The number of ether oxygens (including phenoxy) is 1. The van der Waals surface area contributed by atoms with Crippen LogP contribution in [0.2, 0.25) is 0 Å². The number of benzene rings is 1. The molecule has 2 fully saturated rings. The molecule has 0 saturated carbocycles. The predicted octanol–water partition coefficient (Wildman–Crippen LogP) is 3.03. The van der Waals surface area contributed by atoms with Gasteiger partial charge in [-0.05, 0) is 43.7 Å². The lowest BCUT2D eigenvalue weighted by Crippen LogP contribution is -2.52. The van der Waals surface area contributed by atoms with Crippen LogP contribution in [-0.2, 0) is 4.79 Å². The smallest absolute Gasteiger partial charge is 0.254 e. The van der Waals surface area contributed by atoms with Gasteiger partial charge in [0.2, 0.25) is 5.91 Å². The summed E-state index contributed by atoms with van der Waals surface area (Å²) in [6.45, 7) is 8.58. The summed E-state index contributed by atoms with van der Waals surface area (Å²) >= 11 is 0. The Balaban J connectivity index is 1.68. The van der Waals surface area contributed by atoms with E-state index in [-0.39, 0.29) is 17.2 Å². The Morgan fingerprint density at radius 3 is 2.69 bits per heavy atom. The van der Waals surface area contributed by atoms with Crippen LogP contribution in [0.3, 0.4) is 0 Å². The van der Waals surface area contributed by atoms with E-state index < -0.39 is 0 Å². The number of hydrogen-bond acceptors (Lipinski definition) is 3. The molecule has 0 radical (unpaired) electrons. The van der Waals surface area contributed by atoms with Crippen LogP contribution in [0.15, 0.2) is 30.9 Å². The molecular formula is C21H28N2O3. The summed E-state index contributed by atoms with van der Waals surface area (Å²) in [5.74, 6) is 1.04. The third-order valence-corrected chi connectivity index (χ3v) is 5.94. The largest absolute Gasteiger partial charge is 0.496 e. The van der Waals surface area contributed by atoms with Gasteiger partial charge in [-0.3, -0.25) is 9.59 Å². The van der Waals surface area contributed by atoms with E-state index >= 15 is 0 Å². The van der Waals surface area contributed by atoms with Crippen molar-refractivity contribution in [2.24, 2.45) is 5.41 Å². The van der Waals surface area contributed by atoms with Gasteiger partial charge in [0.05, 0.1) is 7.11 Å². The first-order chi connectivity index (χ1) is 12.5. The molecule has 2 amide bonds. The average molecular weight is 356 g/mol. The summed E-state index contributed by atoms with van der Waals surface area (Å²) in [6.07, 6.45) is 5.23. The molecule has 2 aliphatic heterocycles. The van der Waals surface area contributed by atoms with E-state index in [0.29, 0.717) is 18.5 Å². The van der Waals surface area contributed by atoms with Gasteiger partial charge in [0.1, 0.15) is 5.75 Å². The number of likely N-dealkylation sites (tertiary alicyclic amines) is 2. The van der Waals surface area contributed by atoms with Crippen LogP contribution in [0.1, 0.15) is 41.6 Å². The van der Waals surface area contributed by atoms with Gasteiger partial charge >= 0.3 is 0 Å². The van der Waals surface area contributed by atoms with Crippen LogP contribution in [0.5, 0.6) is 5.75 Å². The summed E-state index contributed by atoms with van der Waals surface area (Å²) in [6, 6.07) is 5.62. The van der Waals surface area contributed by atoms with Crippen molar-refractivity contribution in [3.8, 4) is 5.75 Å². The second kappa shape index (κ2) is 7.52. The molecule has 5 nitrogen and oxygen atoms in total. The SMILES string of the molecule is C=CCN1CC2(CCC1=O)CCN(C(=O)c1cccc(OC)c1C)CC2. The highest BCUT2D eigenvalue weighted by Gasteiger charge is 2.41. The van der Waals surface area contributed by atoms with Crippen molar-refractivity contribution in [3.05, 3.63) is 42.0 Å². The molecule has 140 valence electrons. The molecule has 0 unspecified atom stereocenters. The molecule has 1 spiro atoms. The van der Waals surface area contributed by atoms with Gasteiger partial charge in [-0.1, -0.05) is 12.1 Å². The summed E-state index contributed by atoms with van der Waals surface area (Å²) in [4.78, 5) is 28.9. The van der Waals surface area contributed by atoms with Gasteiger partial charge < -0.3 is 14.5 Å². The highest BCUT2D eigenvalue weighted by Crippen LogP contribution is 2.40. The Bertz CT molecular complexity index is 705. The van der Waals surface area contributed by atoms with E-state index in [2.05, 4.69) is 6.58 Å². The Morgan fingerprint density at radius 1 is 1.31 bits per heavy atom. The molecule has 2 saturated heterocycles. The highest BCUT2D eigenvalue weighted by molar-refractivity contribution is 5.96. The van der Waals surface area contributed by atoms with Crippen LogP contribution in [0.25, 0.3) is 0 Å². The normalized spacial score (nSPS) is 19.5. The van der Waals surface area contributed by atoms with Crippen molar-refractivity contribution in [2.75, 3.05) is 33.3 Å². The van der Waals surface area contributed by atoms with Crippen LogP contribution >= 0.6 is 0 Å². The average Bonchev–Trinajstić information content (AvgIpc) is 2.65. The predicted molar refractivity (Wildman–Crippen MR) is 101 cm³/mol. The zero-order valence-electron chi connectivity index (χ0n) is 15.8. The maximum absolute atomic E-state index is 13.0. The van der Waals surface area contributed by atoms with E-state index in [1.165, 1.54) is 0 Å². The Morgan fingerprint density at radius 2 is 2.04 bits per heavy atom. The number of carbonyl (C=O) groups excluding carboxylic acids is 2. The van der Waals surface area contributed by atoms with E-state index in [9.17, 15) is 9.59 Å². The molecule has 0 bridgehead atoms. The fourth-order valence-electron chi connectivity index (χ4n) is 4.25. The minimum Gasteiger partial charge on any atom is -0.496 e. The van der Waals surface area contributed by atoms with Gasteiger partial charge in [0, 0.05) is 43.7 Å². The quantitative estimate of drug-likeness (QED) is 0.779. The Hall–Kier alpha value is -2.30. The topological polar surface area (TPSA) is 49.9 Å². The highest BCUT2D eigenvalue weighted by atomic mass is 16.5. The van der Waals surface area contributed by atoms with Crippen LogP contribution in [-0.4, -0.2) is 54.9 Å². The second-order valence-electron chi connectivity index (χ2n) is 7.49. The van der Waals surface area contributed by atoms with Crippen molar-refractivity contribution in [1.82, 2.24) is 9.80 Å². The zero-order chi connectivity index (χ0) is 18.7. The molecule has 0 atom stereocenters. The maximum Gasteiger partial charge on any atom is 0.254 e. The molecule has 1 aromatic carbocycles. The molecule has 0 aromatic heterocycles. The van der Waals surface area contributed by atoms with Crippen molar-refractivity contribution in [3.63, 3.8) is 0 Å². The Labute approximate surface area is 155 Å². The van der Waals surface area contributed by atoms with Crippen molar-refractivity contribution in [1.29, 1.82) is 0 Å². The third-order valence-electron chi connectivity index (χ3n) is 5.94. The summed E-state index contributed by atoms with van der Waals surface area (Å²) < 4.78 is 5.34. The van der Waals surface area contributed by atoms with Crippen molar-refractivity contribution >= 4 is 11.8 Å². The first kappa shape index (κ1) is 18.5. The first-order valence-corrected chi connectivity index (χ1v) is 9.31. The molecule has 0 N–H and O–H groups in total. The van der Waals surface area contributed by atoms with Crippen LogP contribution in [0.4, 0.5) is 0 Å². The molecule has 0 aliphatic carbocycles. The summed E-state index contributed by atoms with van der Waals surface area (Å²) in [5.41, 5.74) is 1.75. The summed E-state index contributed by atoms with van der Waals surface area (Å²) in [5, 5.41) is 0. The van der Waals surface area contributed by atoms with Gasteiger partial charge in [-0.2, -0.15) is 0 Å². The van der Waals surface area contributed by atoms with Gasteiger partial charge in [-0.25, -0.2) is 0 Å². The molecule has 2 aliphatic rings. The lowest BCUT2D eigenvalue weighted by molar-refractivity contribution is -0.138. The lowest BCUT2D eigenvalue weighted by atomic mass is 9.72. The number of piperidine rings is 2. The number of carbonyl (C=O) groups is 2. The molecule has 1 aromatic rings. The fourth-order valence-corrected chi connectivity index (χ4v) is 4.25. The lowest BCUT2D eigenvalue weighted by Gasteiger charge is -2.47. The molecule has 3 rings (SSSR count). The van der Waals surface area contributed by atoms with Gasteiger partial charge in [0.15, 0.2) is 0 Å². The van der Waals surface area contributed by atoms with Crippen LogP contribution in [0, 0.1) is 12.3 Å². The standard InChI is InChI=1S/C21H28N2O3/c1-4-12-23-15-21(9-8-19(23)24)10-13-22(14-11-21)20(25)17-6-5-7-18(26-3)16(17)2/h4-7H,1,8-15H2,2-3H3. The zero-order valence-corrected chi connectivity index (χ0v) is 15.8. The maximum atomic E-state index is 13.0. The third kappa shape index (κ3) is 3.48. The van der Waals surface area contributed by atoms with E-state index in [1.54, 1.807) is 13.2 Å². The van der Waals surface area contributed by atoms with Gasteiger partial charge in [0.25, 0.3) is 5.91 Å². The number of rotatable bonds is 4. The molecule has 2 heterocycles. The van der Waals surface area contributed by atoms with E-state index in [4.69, 9.17) is 4.74 Å². The molecular weight excluding hydrogens is 328 g/mol. The number of amides is 2. The minimum atomic E-state index is 0.0751. The molecule has 26 heavy (non-hydrogen) atoms. The fraction of sp³-hybridized carbons (Fsp3) is 0.524. The summed E-state index contributed by atoms with van der Waals surface area (Å²) in [7, 11) is 1.63. The van der Waals surface area contributed by atoms with E-state index in [0.717, 1.165) is 50.2 Å². The van der Waals surface area contributed by atoms with E-state index in [1.807, 2.05) is 34.9 Å². The van der Waals surface area contributed by atoms with Crippen molar-refractivity contribution < 1.29 is 14.3 Å². The second-order valence-corrected chi connectivity index (χ2v) is 7.49. The van der Waals surface area contributed by atoms with Crippen molar-refractivity contribution in [2.45, 2.75) is 32.6 Å².